The summed E-state index contributed by atoms with van der Waals surface area (Å²) in [5, 5.41) is 0.243. The molecule has 0 aromatic rings. The Bertz CT molecular complexity index is 452. The Morgan fingerprint density at radius 2 is 1.76 bits per heavy atom. The lowest BCUT2D eigenvalue weighted by molar-refractivity contribution is 0.0587. The summed E-state index contributed by atoms with van der Waals surface area (Å²) in [5.74, 6) is 0. The SMILES string of the molecule is CC1(C)C[C@H](O[Si](C)(C)C(C)(C)C)C[C@@]2(C)O[C@@]12/C=C/Cl. The molecule has 0 bridgehead atoms. The van der Waals surface area contributed by atoms with Crippen LogP contribution in [0.3, 0.4) is 0 Å². The molecule has 2 fully saturated rings. The van der Waals surface area contributed by atoms with Crippen molar-refractivity contribution in [1.82, 2.24) is 0 Å². The normalized spacial score (nSPS) is 39.4. The van der Waals surface area contributed by atoms with Gasteiger partial charge in [-0.1, -0.05) is 46.2 Å². The first-order valence-electron chi connectivity index (χ1n) is 7.96. The van der Waals surface area contributed by atoms with E-state index < -0.39 is 8.32 Å². The van der Waals surface area contributed by atoms with E-state index >= 15 is 0 Å². The molecule has 1 aliphatic heterocycles. The lowest BCUT2D eigenvalue weighted by Crippen LogP contribution is -2.51. The van der Waals surface area contributed by atoms with Crippen LogP contribution in [0, 0.1) is 5.41 Å². The monoisotopic (exact) mass is 330 g/mol. The molecule has 1 aliphatic carbocycles. The van der Waals surface area contributed by atoms with Crippen molar-refractivity contribution >= 4 is 19.9 Å². The quantitative estimate of drug-likeness (QED) is 0.505. The molecule has 1 heterocycles. The minimum absolute atomic E-state index is 0.0401. The van der Waals surface area contributed by atoms with Crippen molar-refractivity contribution < 1.29 is 9.16 Å². The van der Waals surface area contributed by atoms with E-state index in [1.165, 1.54) is 0 Å². The maximum absolute atomic E-state index is 6.67. The van der Waals surface area contributed by atoms with Gasteiger partial charge in [-0.15, -0.1) is 0 Å². The first-order valence-corrected chi connectivity index (χ1v) is 11.3. The fourth-order valence-corrected chi connectivity index (χ4v) is 5.34. The topological polar surface area (TPSA) is 21.8 Å². The summed E-state index contributed by atoms with van der Waals surface area (Å²) in [6, 6.07) is 0. The number of fused-ring (bicyclic) bond motifs is 1. The highest BCUT2D eigenvalue weighted by molar-refractivity contribution is 6.74. The van der Waals surface area contributed by atoms with Crippen LogP contribution in [0.5, 0.6) is 0 Å². The summed E-state index contributed by atoms with van der Waals surface area (Å²) < 4.78 is 12.9. The summed E-state index contributed by atoms with van der Waals surface area (Å²) in [7, 11) is -1.74. The summed E-state index contributed by atoms with van der Waals surface area (Å²) in [5.41, 5.74) is 1.31. The highest BCUT2D eigenvalue weighted by Crippen LogP contribution is 2.66. The van der Waals surface area contributed by atoms with E-state index in [-0.39, 0.29) is 27.8 Å². The van der Waals surface area contributed by atoms with Crippen molar-refractivity contribution in [2.24, 2.45) is 5.41 Å². The molecule has 2 nitrogen and oxygen atoms in total. The Morgan fingerprint density at radius 1 is 1.19 bits per heavy atom. The Morgan fingerprint density at radius 3 is 2.19 bits per heavy atom. The molecular weight excluding hydrogens is 300 g/mol. The van der Waals surface area contributed by atoms with Crippen LogP contribution >= 0.6 is 11.6 Å². The second-order valence-corrected chi connectivity index (χ2v) is 14.2. The zero-order valence-electron chi connectivity index (χ0n) is 14.8. The summed E-state index contributed by atoms with van der Waals surface area (Å²) in [6.45, 7) is 18.3. The van der Waals surface area contributed by atoms with Crippen LogP contribution in [0.2, 0.25) is 18.1 Å². The second kappa shape index (κ2) is 4.83. The van der Waals surface area contributed by atoms with Gasteiger partial charge >= 0.3 is 0 Å². The number of hydrogen-bond donors (Lipinski definition) is 0. The van der Waals surface area contributed by atoms with Crippen molar-refractivity contribution in [2.45, 2.75) is 89.8 Å². The van der Waals surface area contributed by atoms with E-state index in [0.29, 0.717) is 0 Å². The smallest absolute Gasteiger partial charge is 0.192 e. The predicted molar refractivity (Wildman–Crippen MR) is 92.3 cm³/mol. The Balaban J connectivity index is 2.19. The third-order valence-corrected chi connectivity index (χ3v) is 10.7. The van der Waals surface area contributed by atoms with Crippen molar-refractivity contribution in [1.29, 1.82) is 0 Å². The predicted octanol–water partition coefficient (Wildman–Crippen LogP) is 5.48. The number of ether oxygens (including phenoxy) is 1. The van der Waals surface area contributed by atoms with Gasteiger partial charge < -0.3 is 9.16 Å². The van der Waals surface area contributed by atoms with E-state index in [9.17, 15) is 0 Å². The molecule has 4 heteroatoms. The first kappa shape index (κ1) is 17.5. The standard InChI is InChI=1S/C17H31ClO2Si/c1-14(2,3)21(7,8)19-13-11-15(4,5)17(9-10-18)16(6,12-13)20-17/h9-10,13H,11-12H2,1-8H3/b10-9+/t13-,16+,17-/m0/s1. The van der Waals surface area contributed by atoms with Gasteiger partial charge in [-0.25, -0.2) is 0 Å². The molecule has 2 aliphatic rings. The van der Waals surface area contributed by atoms with Gasteiger partial charge in [-0.2, -0.15) is 0 Å². The van der Waals surface area contributed by atoms with Gasteiger partial charge in [0.2, 0.25) is 0 Å². The molecule has 122 valence electrons. The maximum Gasteiger partial charge on any atom is 0.192 e. The molecule has 0 amide bonds. The Kier molecular flexibility index (Phi) is 4.03. The van der Waals surface area contributed by atoms with Gasteiger partial charge in [0.1, 0.15) is 11.2 Å². The van der Waals surface area contributed by atoms with Gasteiger partial charge in [0.05, 0.1) is 0 Å². The number of halogens is 1. The molecule has 1 saturated heterocycles. The van der Waals surface area contributed by atoms with Crippen LogP contribution in [0.15, 0.2) is 11.6 Å². The minimum atomic E-state index is -1.74. The zero-order chi connectivity index (χ0) is 16.3. The van der Waals surface area contributed by atoms with Crippen molar-refractivity contribution in [3.63, 3.8) is 0 Å². The van der Waals surface area contributed by atoms with E-state index in [1.54, 1.807) is 5.54 Å². The zero-order valence-corrected chi connectivity index (χ0v) is 16.6. The fourth-order valence-electron chi connectivity index (χ4n) is 3.81. The molecule has 1 saturated carbocycles. The van der Waals surface area contributed by atoms with Gasteiger partial charge in [-0.3, -0.25) is 0 Å². The van der Waals surface area contributed by atoms with Crippen molar-refractivity contribution in [3.8, 4) is 0 Å². The molecule has 2 rings (SSSR count). The van der Waals surface area contributed by atoms with E-state index in [2.05, 4.69) is 54.6 Å². The molecule has 0 aromatic heterocycles. The third-order valence-electron chi connectivity index (χ3n) is 6.06. The molecule has 0 radical (unpaired) electrons. The average Bonchev–Trinajstić information content (AvgIpc) is 2.82. The van der Waals surface area contributed by atoms with Gasteiger partial charge in [-0.05, 0) is 37.6 Å². The molecule has 3 atom stereocenters. The van der Waals surface area contributed by atoms with Crippen LogP contribution in [0.25, 0.3) is 0 Å². The van der Waals surface area contributed by atoms with E-state index in [1.807, 2.05) is 6.08 Å². The number of hydrogen-bond acceptors (Lipinski definition) is 2. The number of epoxide rings is 1. The lowest BCUT2D eigenvalue weighted by Gasteiger charge is -2.45. The van der Waals surface area contributed by atoms with Crippen LogP contribution in [0.1, 0.15) is 54.4 Å². The summed E-state index contributed by atoms with van der Waals surface area (Å²) in [4.78, 5) is 0. The fraction of sp³-hybridized carbons (Fsp3) is 0.882. The van der Waals surface area contributed by atoms with Crippen molar-refractivity contribution in [2.75, 3.05) is 0 Å². The first-order chi connectivity index (χ1) is 9.30. The van der Waals surface area contributed by atoms with E-state index in [4.69, 9.17) is 20.8 Å². The third kappa shape index (κ3) is 2.64. The molecule has 21 heavy (non-hydrogen) atoms. The summed E-state index contributed by atoms with van der Waals surface area (Å²) in [6.07, 6.45) is 4.31. The Hall–Kier alpha value is 0.167. The van der Waals surface area contributed by atoms with Gasteiger partial charge in [0.15, 0.2) is 8.32 Å². The highest BCUT2D eigenvalue weighted by Gasteiger charge is 2.75. The van der Waals surface area contributed by atoms with Crippen LogP contribution in [-0.2, 0) is 9.16 Å². The molecule has 0 spiro atoms. The molecular formula is C17H31ClO2Si. The summed E-state index contributed by atoms with van der Waals surface area (Å²) >= 11 is 5.86. The maximum atomic E-state index is 6.67. The van der Waals surface area contributed by atoms with Gasteiger partial charge in [0, 0.05) is 23.5 Å². The van der Waals surface area contributed by atoms with E-state index in [0.717, 1.165) is 12.8 Å². The largest absolute Gasteiger partial charge is 0.414 e. The molecule has 0 aromatic carbocycles. The Labute approximate surface area is 136 Å². The van der Waals surface area contributed by atoms with Crippen LogP contribution in [-0.4, -0.2) is 25.6 Å². The van der Waals surface area contributed by atoms with Gasteiger partial charge in [0.25, 0.3) is 0 Å². The van der Waals surface area contributed by atoms with Crippen molar-refractivity contribution in [3.05, 3.63) is 11.6 Å². The molecule has 0 unspecified atom stereocenters. The highest BCUT2D eigenvalue weighted by atomic mass is 35.5. The lowest BCUT2D eigenvalue weighted by atomic mass is 9.63. The minimum Gasteiger partial charge on any atom is -0.414 e. The van der Waals surface area contributed by atoms with Crippen LogP contribution < -0.4 is 0 Å². The second-order valence-electron chi connectivity index (χ2n) is 9.15. The average molecular weight is 331 g/mol. The number of rotatable bonds is 3. The van der Waals surface area contributed by atoms with Crippen LogP contribution in [0.4, 0.5) is 0 Å². The molecule has 0 N–H and O–H groups in total.